The third kappa shape index (κ3) is 5.83. The van der Waals surface area contributed by atoms with Gasteiger partial charge in [0.05, 0.1) is 11.1 Å². The Labute approximate surface area is 200 Å². The van der Waals surface area contributed by atoms with Gasteiger partial charge in [0, 0.05) is 0 Å². The van der Waals surface area contributed by atoms with Crippen molar-refractivity contribution < 1.29 is 22.0 Å². The van der Waals surface area contributed by atoms with Crippen LogP contribution in [-0.2, 0) is 6.18 Å². The average Bonchev–Trinajstić information content (AvgIpc) is 2.81. The van der Waals surface area contributed by atoms with Gasteiger partial charge >= 0.3 is 6.18 Å². The second-order valence-corrected chi connectivity index (χ2v) is 10.5. The lowest BCUT2D eigenvalue weighted by Crippen LogP contribution is -2.30. The Bertz CT molecular complexity index is 923. The summed E-state index contributed by atoms with van der Waals surface area (Å²) in [6, 6.07) is 6.81. The molecular weight excluding hydrogens is 443 g/mol. The van der Waals surface area contributed by atoms with Crippen LogP contribution in [0.15, 0.2) is 36.4 Å². The first-order chi connectivity index (χ1) is 16.3. The zero-order valence-corrected chi connectivity index (χ0v) is 19.9. The summed E-state index contributed by atoms with van der Waals surface area (Å²) in [4.78, 5) is 0. The first-order valence-electron chi connectivity index (χ1n) is 12.9. The summed E-state index contributed by atoms with van der Waals surface area (Å²) >= 11 is 0. The maximum Gasteiger partial charge on any atom is 0.416 e. The zero-order valence-electron chi connectivity index (χ0n) is 19.9. The molecule has 0 N–H and O–H groups in total. The number of fused-ring (bicyclic) bond motifs is 1. The predicted octanol–water partition coefficient (Wildman–Crippen LogP) is 9.92. The van der Waals surface area contributed by atoms with Crippen molar-refractivity contribution in [3.8, 4) is 11.1 Å². The van der Waals surface area contributed by atoms with Crippen molar-refractivity contribution in [2.75, 3.05) is 0 Å². The molecule has 186 valence electrons. The lowest BCUT2D eigenvalue weighted by atomic mass is 9.63. The van der Waals surface area contributed by atoms with E-state index in [0.717, 1.165) is 55.4 Å². The molecule has 0 spiro atoms. The minimum Gasteiger partial charge on any atom is -0.206 e. The van der Waals surface area contributed by atoms with Gasteiger partial charge in [-0.05, 0) is 91.2 Å². The van der Waals surface area contributed by atoms with Crippen molar-refractivity contribution in [3.63, 3.8) is 0 Å². The Morgan fingerprint density at radius 2 is 1.44 bits per heavy atom. The fraction of sp³-hybridized carbons (Fsp3) is 0.586. The highest BCUT2D eigenvalue weighted by molar-refractivity contribution is 5.66. The molecule has 4 atom stereocenters. The van der Waals surface area contributed by atoms with Crippen LogP contribution in [0.3, 0.4) is 0 Å². The summed E-state index contributed by atoms with van der Waals surface area (Å²) in [5, 5.41) is 0. The Kier molecular flexibility index (Phi) is 7.99. The number of hydrogen-bond acceptors (Lipinski definition) is 0. The molecule has 2 aliphatic carbocycles. The molecule has 4 unspecified atom stereocenters. The van der Waals surface area contributed by atoms with Crippen LogP contribution in [-0.4, -0.2) is 0 Å². The van der Waals surface area contributed by atoms with Crippen molar-refractivity contribution >= 4 is 0 Å². The van der Waals surface area contributed by atoms with Gasteiger partial charge in [-0.25, -0.2) is 8.78 Å². The molecule has 2 aromatic rings. The van der Waals surface area contributed by atoms with Crippen molar-refractivity contribution in [2.24, 2.45) is 17.8 Å². The summed E-state index contributed by atoms with van der Waals surface area (Å²) in [6.45, 7) is 2.24. The van der Waals surface area contributed by atoms with Gasteiger partial charge in [0.25, 0.3) is 0 Å². The highest BCUT2D eigenvalue weighted by atomic mass is 19.4. The van der Waals surface area contributed by atoms with Crippen LogP contribution >= 0.6 is 0 Å². The quantitative estimate of drug-likeness (QED) is 0.274. The van der Waals surface area contributed by atoms with Crippen LogP contribution in [0.4, 0.5) is 22.0 Å². The molecule has 34 heavy (non-hydrogen) atoms. The number of hydrogen-bond donors (Lipinski definition) is 0. The molecule has 2 aromatic carbocycles. The molecule has 2 saturated carbocycles. The molecule has 0 amide bonds. The third-order valence-electron chi connectivity index (χ3n) is 8.22. The molecule has 4 rings (SSSR count). The number of rotatable bonds is 7. The van der Waals surface area contributed by atoms with E-state index >= 15 is 0 Å². The maximum atomic E-state index is 15.0. The molecule has 0 bridgehead atoms. The lowest BCUT2D eigenvalue weighted by molar-refractivity contribution is -0.137. The van der Waals surface area contributed by atoms with E-state index in [2.05, 4.69) is 6.92 Å². The van der Waals surface area contributed by atoms with Crippen LogP contribution < -0.4 is 0 Å². The van der Waals surface area contributed by atoms with Gasteiger partial charge in [-0.3, -0.25) is 0 Å². The average molecular weight is 479 g/mol. The van der Waals surface area contributed by atoms with Crippen LogP contribution in [0.5, 0.6) is 0 Å². The van der Waals surface area contributed by atoms with Gasteiger partial charge < -0.3 is 0 Å². The normalized spacial score (nSPS) is 25.2. The molecule has 2 aliphatic rings. The summed E-state index contributed by atoms with van der Waals surface area (Å²) in [5.74, 6) is 0.953. The monoisotopic (exact) mass is 478 g/mol. The smallest absolute Gasteiger partial charge is 0.206 e. The van der Waals surface area contributed by atoms with Crippen LogP contribution in [0.1, 0.15) is 94.6 Å². The minimum absolute atomic E-state index is 0.121. The Morgan fingerprint density at radius 1 is 0.794 bits per heavy atom. The van der Waals surface area contributed by atoms with Crippen LogP contribution in [0.2, 0.25) is 0 Å². The molecular formula is C29H35F5. The zero-order chi connectivity index (χ0) is 24.3. The number of benzene rings is 2. The largest absolute Gasteiger partial charge is 0.416 e. The van der Waals surface area contributed by atoms with Crippen molar-refractivity contribution in [1.82, 2.24) is 0 Å². The number of alkyl halides is 3. The SMILES string of the molecule is CCCCCCC1CCC2CC(c3cc(F)c(-c4ccc(C(F)(F)F)cc4)c(F)c3)CCC2C1. The Morgan fingerprint density at radius 3 is 2.09 bits per heavy atom. The molecule has 5 heteroatoms. The van der Waals surface area contributed by atoms with Crippen molar-refractivity contribution in [3.05, 3.63) is 59.2 Å². The predicted molar refractivity (Wildman–Crippen MR) is 126 cm³/mol. The van der Waals surface area contributed by atoms with Crippen molar-refractivity contribution in [2.45, 2.75) is 89.6 Å². The fourth-order valence-corrected chi connectivity index (χ4v) is 6.34. The minimum atomic E-state index is -4.48. The van der Waals surface area contributed by atoms with Gasteiger partial charge in [-0.15, -0.1) is 0 Å². The third-order valence-corrected chi connectivity index (χ3v) is 8.22. The first kappa shape index (κ1) is 25.2. The van der Waals surface area contributed by atoms with Crippen molar-refractivity contribution in [1.29, 1.82) is 0 Å². The second kappa shape index (κ2) is 10.8. The Hall–Kier alpha value is -1.91. The topological polar surface area (TPSA) is 0 Å². The molecule has 0 aliphatic heterocycles. The summed E-state index contributed by atoms with van der Waals surface area (Å²) in [7, 11) is 0. The fourth-order valence-electron chi connectivity index (χ4n) is 6.34. The van der Waals surface area contributed by atoms with Gasteiger partial charge in [0.2, 0.25) is 0 Å². The maximum absolute atomic E-state index is 15.0. The highest BCUT2D eigenvalue weighted by Gasteiger charge is 2.36. The van der Waals surface area contributed by atoms with Gasteiger partial charge in [-0.1, -0.05) is 57.6 Å². The number of halogens is 5. The summed E-state index contributed by atoms with van der Waals surface area (Å²) < 4.78 is 68.4. The van der Waals surface area contributed by atoms with E-state index in [4.69, 9.17) is 0 Å². The summed E-state index contributed by atoms with van der Waals surface area (Å²) in [6.07, 6.45) is 8.96. The van der Waals surface area contributed by atoms with E-state index in [-0.39, 0.29) is 17.0 Å². The molecule has 0 aromatic heterocycles. The van der Waals surface area contributed by atoms with E-state index < -0.39 is 23.4 Å². The molecule has 0 saturated heterocycles. The van der Waals surface area contributed by atoms with Crippen LogP contribution in [0, 0.1) is 29.4 Å². The lowest BCUT2D eigenvalue weighted by Gasteiger charge is -2.42. The first-order valence-corrected chi connectivity index (χ1v) is 12.9. The highest BCUT2D eigenvalue weighted by Crippen LogP contribution is 2.49. The van der Waals surface area contributed by atoms with Crippen LogP contribution in [0.25, 0.3) is 11.1 Å². The summed E-state index contributed by atoms with van der Waals surface area (Å²) in [5.41, 5.74) is -0.280. The Balaban J connectivity index is 1.40. The molecule has 0 radical (unpaired) electrons. The van der Waals surface area contributed by atoms with E-state index in [1.54, 1.807) is 0 Å². The van der Waals surface area contributed by atoms with Gasteiger partial charge in [-0.2, -0.15) is 13.2 Å². The molecule has 0 heterocycles. The number of unbranched alkanes of at least 4 members (excludes halogenated alkanes) is 3. The standard InChI is InChI=1S/C29H35F5/c1-2-3-4-5-6-19-7-8-22-16-23(10-9-21(22)15-19)24-17-26(30)28(27(31)18-24)20-11-13-25(14-12-20)29(32,33)34/h11-14,17-19,21-23H,2-10,15-16H2,1H3. The van der Waals surface area contributed by atoms with E-state index in [9.17, 15) is 22.0 Å². The molecule has 2 fully saturated rings. The molecule has 0 nitrogen and oxygen atoms in total. The van der Waals surface area contributed by atoms with E-state index in [1.807, 2.05) is 0 Å². The van der Waals surface area contributed by atoms with Gasteiger partial charge in [0.15, 0.2) is 0 Å². The van der Waals surface area contributed by atoms with E-state index in [0.29, 0.717) is 11.5 Å². The second-order valence-electron chi connectivity index (χ2n) is 10.5. The van der Waals surface area contributed by atoms with E-state index in [1.165, 1.54) is 63.5 Å². The van der Waals surface area contributed by atoms with Gasteiger partial charge in [0.1, 0.15) is 11.6 Å².